The number of carboxylic acid groups (broad SMARTS) is 1. The number of aromatic nitrogens is 3. The van der Waals surface area contributed by atoms with Gasteiger partial charge < -0.3 is 9.67 Å². The normalized spacial score (nSPS) is 11.0. The lowest BCUT2D eigenvalue weighted by Gasteiger charge is -2.12. The Morgan fingerprint density at radius 1 is 1.50 bits per heavy atom. The van der Waals surface area contributed by atoms with E-state index in [1.54, 1.807) is 11.8 Å². The molecule has 0 bridgehead atoms. The van der Waals surface area contributed by atoms with Crippen LogP contribution in [0.3, 0.4) is 0 Å². The molecule has 0 saturated heterocycles. The minimum atomic E-state index is -0.838. The fourth-order valence-electron chi connectivity index (χ4n) is 1.28. The second kappa shape index (κ2) is 6.15. The van der Waals surface area contributed by atoms with Gasteiger partial charge in [-0.1, -0.05) is 11.8 Å². The number of rotatable bonds is 6. The molecule has 0 aliphatic carbocycles. The molecule has 0 atom stereocenters. The Bertz CT molecular complexity index is 366. The van der Waals surface area contributed by atoms with Crippen molar-refractivity contribution in [3.8, 4) is 0 Å². The van der Waals surface area contributed by atoms with Gasteiger partial charge in [-0.15, -0.1) is 10.2 Å². The molecule has 0 radical (unpaired) electrons. The molecule has 1 aromatic heterocycles. The number of aliphatic carboxylic acids is 1. The van der Waals surface area contributed by atoms with Gasteiger partial charge in [-0.3, -0.25) is 4.79 Å². The maximum absolute atomic E-state index is 10.5. The standard InChI is InChI=1S/C9H15N3O2S2/c1-6(2)12-7(4-15-3)10-11-9(12)16-5-8(13)14/h6H,4-5H2,1-3H3,(H,13,14). The van der Waals surface area contributed by atoms with E-state index in [9.17, 15) is 4.79 Å². The maximum atomic E-state index is 10.5. The smallest absolute Gasteiger partial charge is 0.313 e. The quantitative estimate of drug-likeness (QED) is 0.789. The van der Waals surface area contributed by atoms with Crippen molar-refractivity contribution in [1.29, 1.82) is 0 Å². The zero-order valence-corrected chi connectivity index (χ0v) is 11.1. The maximum Gasteiger partial charge on any atom is 0.313 e. The van der Waals surface area contributed by atoms with Crippen LogP contribution in [-0.4, -0.2) is 37.8 Å². The minimum absolute atomic E-state index is 0.0180. The van der Waals surface area contributed by atoms with E-state index in [0.29, 0.717) is 5.16 Å². The fourth-order valence-corrected chi connectivity index (χ4v) is 2.54. The summed E-state index contributed by atoms with van der Waals surface area (Å²) >= 11 is 2.89. The Kier molecular flexibility index (Phi) is 5.14. The summed E-state index contributed by atoms with van der Waals surface area (Å²) in [5, 5.41) is 17.4. The topological polar surface area (TPSA) is 68.0 Å². The van der Waals surface area contributed by atoms with Gasteiger partial charge in [0.15, 0.2) is 5.16 Å². The highest BCUT2D eigenvalue weighted by atomic mass is 32.2. The van der Waals surface area contributed by atoms with E-state index in [2.05, 4.69) is 10.2 Å². The summed E-state index contributed by atoms with van der Waals surface area (Å²) in [6, 6.07) is 0.244. The van der Waals surface area contributed by atoms with Crippen LogP contribution in [0.5, 0.6) is 0 Å². The zero-order valence-electron chi connectivity index (χ0n) is 9.51. The van der Waals surface area contributed by atoms with Gasteiger partial charge in [-0.2, -0.15) is 11.8 Å². The Hall–Kier alpha value is -0.690. The first-order valence-corrected chi connectivity index (χ1v) is 7.21. The molecule has 16 heavy (non-hydrogen) atoms. The Labute approximate surface area is 103 Å². The zero-order chi connectivity index (χ0) is 12.1. The molecule has 0 saturated carbocycles. The Balaban J connectivity index is 2.86. The highest BCUT2D eigenvalue weighted by molar-refractivity contribution is 7.99. The van der Waals surface area contributed by atoms with Gasteiger partial charge in [-0.05, 0) is 20.1 Å². The number of nitrogens with zero attached hydrogens (tertiary/aromatic N) is 3. The first-order chi connectivity index (χ1) is 7.56. The second-order valence-corrected chi connectivity index (χ2v) is 5.29. The van der Waals surface area contributed by atoms with Crippen LogP contribution in [0.15, 0.2) is 5.16 Å². The lowest BCUT2D eigenvalue weighted by molar-refractivity contribution is -0.133. The molecule has 1 N–H and O–H groups in total. The van der Waals surface area contributed by atoms with Crippen molar-refractivity contribution in [2.75, 3.05) is 12.0 Å². The van der Waals surface area contributed by atoms with Crippen molar-refractivity contribution in [3.05, 3.63) is 5.82 Å². The predicted octanol–water partition coefficient (Wildman–Crippen LogP) is 1.90. The average Bonchev–Trinajstić information content (AvgIpc) is 2.58. The predicted molar refractivity (Wildman–Crippen MR) is 66.0 cm³/mol. The van der Waals surface area contributed by atoms with Crippen LogP contribution < -0.4 is 0 Å². The summed E-state index contributed by atoms with van der Waals surface area (Å²) in [6.45, 7) is 4.08. The first-order valence-electron chi connectivity index (χ1n) is 4.83. The molecule has 0 aliphatic rings. The van der Waals surface area contributed by atoms with Crippen molar-refractivity contribution in [3.63, 3.8) is 0 Å². The van der Waals surface area contributed by atoms with Gasteiger partial charge in [0, 0.05) is 6.04 Å². The van der Waals surface area contributed by atoms with E-state index >= 15 is 0 Å². The summed E-state index contributed by atoms with van der Waals surface area (Å²) in [7, 11) is 0. The lowest BCUT2D eigenvalue weighted by atomic mass is 10.4. The van der Waals surface area contributed by atoms with Gasteiger partial charge in [0.25, 0.3) is 0 Å². The van der Waals surface area contributed by atoms with Crippen LogP contribution in [0.25, 0.3) is 0 Å². The van der Waals surface area contributed by atoms with Crippen LogP contribution in [-0.2, 0) is 10.5 Å². The summed E-state index contributed by atoms with van der Waals surface area (Å²) in [4.78, 5) is 10.5. The average molecular weight is 261 g/mol. The third kappa shape index (κ3) is 3.41. The minimum Gasteiger partial charge on any atom is -0.481 e. The number of carboxylic acids is 1. The Morgan fingerprint density at radius 2 is 2.19 bits per heavy atom. The largest absolute Gasteiger partial charge is 0.481 e. The summed E-state index contributed by atoms with van der Waals surface area (Å²) in [5.74, 6) is 0.869. The monoisotopic (exact) mass is 261 g/mol. The van der Waals surface area contributed by atoms with Crippen LogP contribution in [0, 0.1) is 0 Å². The molecule has 5 nitrogen and oxygen atoms in total. The molecule has 1 aromatic rings. The third-order valence-electron chi connectivity index (χ3n) is 1.85. The molecule has 0 aromatic carbocycles. The summed E-state index contributed by atoms with van der Waals surface area (Å²) in [6.07, 6.45) is 2.00. The van der Waals surface area contributed by atoms with Crippen LogP contribution in [0.1, 0.15) is 25.7 Å². The summed E-state index contributed by atoms with van der Waals surface area (Å²) < 4.78 is 1.99. The Morgan fingerprint density at radius 3 is 2.69 bits per heavy atom. The first kappa shape index (κ1) is 13.4. The second-order valence-electron chi connectivity index (χ2n) is 3.48. The molecule has 0 unspecified atom stereocenters. The van der Waals surface area contributed by atoms with Gasteiger partial charge in [-0.25, -0.2) is 0 Å². The van der Waals surface area contributed by atoms with Crippen molar-refractivity contribution in [1.82, 2.24) is 14.8 Å². The molecule has 0 fully saturated rings. The highest BCUT2D eigenvalue weighted by Gasteiger charge is 2.15. The number of carbonyl (C=O) groups is 1. The van der Waals surface area contributed by atoms with E-state index in [4.69, 9.17) is 5.11 Å². The number of hydrogen-bond donors (Lipinski definition) is 1. The van der Waals surface area contributed by atoms with Gasteiger partial charge in [0.2, 0.25) is 0 Å². The van der Waals surface area contributed by atoms with Gasteiger partial charge in [0.05, 0.1) is 11.5 Å². The molecule has 7 heteroatoms. The number of hydrogen-bond acceptors (Lipinski definition) is 5. The summed E-state index contributed by atoms with van der Waals surface area (Å²) in [5.41, 5.74) is 0. The molecule has 0 amide bonds. The van der Waals surface area contributed by atoms with E-state index in [1.807, 2.05) is 24.7 Å². The third-order valence-corrected chi connectivity index (χ3v) is 3.32. The lowest BCUT2D eigenvalue weighted by Crippen LogP contribution is -2.08. The van der Waals surface area contributed by atoms with E-state index in [0.717, 1.165) is 11.6 Å². The van der Waals surface area contributed by atoms with Crippen LogP contribution >= 0.6 is 23.5 Å². The van der Waals surface area contributed by atoms with E-state index in [1.165, 1.54) is 11.8 Å². The molecular weight excluding hydrogens is 246 g/mol. The van der Waals surface area contributed by atoms with Crippen LogP contribution in [0.4, 0.5) is 0 Å². The highest BCUT2D eigenvalue weighted by Crippen LogP contribution is 2.22. The molecule has 1 rings (SSSR count). The number of thioether (sulfide) groups is 2. The van der Waals surface area contributed by atoms with Crippen molar-refractivity contribution >= 4 is 29.5 Å². The fraction of sp³-hybridized carbons (Fsp3) is 0.667. The molecule has 1 heterocycles. The van der Waals surface area contributed by atoms with Crippen molar-refractivity contribution in [2.45, 2.75) is 30.8 Å². The van der Waals surface area contributed by atoms with Crippen LogP contribution in [0.2, 0.25) is 0 Å². The molecular formula is C9H15N3O2S2. The van der Waals surface area contributed by atoms with Crippen molar-refractivity contribution in [2.24, 2.45) is 0 Å². The molecule has 0 aliphatic heterocycles. The van der Waals surface area contributed by atoms with E-state index in [-0.39, 0.29) is 11.8 Å². The molecule has 90 valence electrons. The van der Waals surface area contributed by atoms with Gasteiger partial charge >= 0.3 is 5.97 Å². The SMILES string of the molecule is CSCc1nnc(SCC(=O)O)n1C(C)C. The van der Waals surface area contributed by atoms with E-state index < -0.39 is 5.97 Å². The van der Waals surface area contributed by atoms with Crippen molar-refractivity contribution < 1.29 is 9.90 Å². The van der Waals surface area contributed by atoms with Gasteiger partial charge in [0.1, 0.15) is 5.82 Å². The molecule has 0 spiro atoms.